The summed E-state index contributed by atoms with van der Waals surface area (Å²) >= 11 is 6.67. The van der Waals surface area contributed by atoms with Gasteiger partial charge in [-0.2, -0.15) is 13.2 Å². The van der Waals surface area contributed by atoms with E-state index < -0.39 is 22.9 Å². The number of methoxy groups -OCH3 is 1. The molecule has 1 fully saturated rings. The minimum Gasteiger partial charge on any atom is -0.493 e. The number of benzene rings is 2. The van der Waals surface area contributed by atoms with Crippen LogP contribution in [0.3, 0.4) is 0 Å². The molecule has 0 bridgehead atoms. The van der Waals surface area contributed by atoms with E-state index in [0.29, 0.717) is 5.56 Å². The van der Waals surface area contributed by atoms with Crippen LogP contribution in [0.25, 0.3) is 6.08 Å². The minimum atomic E-state index is -4.51. The number of carbonyl (C=O) groups is 2. The Morgan fingerprint density at radius 1 is 1.07 bits per heavy atom. The Balaban J connectivity index is 1.87. The van der Waals surface area contributed by atoms with Gasteiger partial charge < -0.3 is 9.47 Å². The van der Waals surface area contributed by atoms with Gasteiger partial charge in [-0.1, -0.05) is 17.7 Å². The maximum Gasteiger partial charge on any atom is 0.416 e. The molecule has 1 N–H and O–H groups in total. The van der Waals surface area contributed by atoms with Gasteiger partial charge in [-0.15, -0.1) is 0 Å². The summed E-state index contributed by atoms with van der Waals surface area (Å²) in [5.41, 5.74) is -0.323. The van der Waals surface area contributed by atoms with Crippen molar-refractivity contribution in [2.24, 2.45) is 0 Å². The molecule has 10 heteroatoms. The minimum absolute atomic E-state index is 0.0235. The predicted octanol–water partition coefficient (Wildman–Crippen LogP) is 5.48. The molecule has 2 aromatic rings. The summed E-state index contributed by atoms with van der Waals surface area (Å²) < 4.78 is 49.0. The topological polar surface area (TPSA) is 64.6 Å². The lowest BCUT2D eigenvalue weighted by Gasteiger charge is -2.13. The number of imide groups is 1. The van der Waals surface area contributed by atoms with Crippen molar-refractivity contribution in [1.29, 1.82) is 0 Å². The second-order valence-electron chi connectivity index (χ2n) is 5.51. The maximum absolute atomic E-state index is 12.7. The van der Waals surface area contributed by atoms with Gasteiger partial charge in [0.2, 0.25) is 0 Å². The van der Waals surface area contributed by atoms with Crippen molar-refractivity contribution in [1.82, 2.24) is 5.32 Å². The first-order valence-electron chi connectivity index (χ1n) is 7.65. The Morgan fingerprint density at radius 2 is 1.79 bits per heavy atom. The number of amides is 2. The second kappa shape index (κ2) is 7.76. The highest BCUT2D eigenvalue weighted by Gasteiger charge is 2.31. The molecular weight excluding hydrogens is 419 g/mol. The highest BCUT2D eigenvalue weighted by molar-refractivity contribution is 8.18. The van der Waals surface area contributed by atoms with E-state index in [2.05, 4.69) is 5.32 Å². The molecule has 0 spiro atoms. The van der Waals surface area contributed by atoms with E-state index in [1.165, 1.54) is 19.3 Å². The van der Waals surface area contributed by atoms with E-state index in [9.17, 15) is 22.8 Å². The number of rotatable bonds is 4. The standard InChI is InChI=1S/C18H11ClF3NO4S/c1-26-14-6-9(7-15-16(24)23-17(25)28-15)2-4-13(14)27-12-5-3-10(8-11(12)19)18(20,21)22/h2-8H,1H3,(H,23,24,25)/b15-7+. The lowest BCUT2D eigenvalue weighted by Crippen LogP contribution is -2.17. The summed E-state index contributed by atoms with van der Waals surface area (Å²) in [7, 11) is 1.38. The van der Waals surface area contributed by atoms with E-state index in [-0.39, 0.29) is 27.2 Å². The van der Waals surface area contributed by atoms with Crippen molar-refractivity contribution in [3.63, 3.8) is 0 Å². The van der Waals surface area contributed by atoms with Crippen LogP contribution in [0.1, 0.15) is 11.1 Å². The average molecular weight is 430 g/mol. The monoisotopic (exact) mass is 429 g/mol. The third-order valence-corrected chi connectivity index (χ3v) is 4.71. The molecule has 1 aliphatic rings. The van der Waals surface area contributed by atoms with Gasteiger partial charge in [0, 0.05) is 0 Å². The van der Waals surface area contributed by atoms with Gasteiger partial charge in [-0.25, -0.2) is 0 Å². The summed E-state index contributed by atoms with van der Waals surface area (Å²) in [6, 6.07) is 7.41. The van der Waals surface area contributed by atoms with Crippen molar-refractivity contribution >= 4 is 40.6 Å². The van der Waals surface area contributed by atoms with E-state index in [0.717, 1.165) is 30.0 Å². The lowest BCUT2D eigenvalue weighted by atomic mass is 10.1. The van der Waals surface area contributed by atoms with Crippen molar-refractivity contribution in [3.8, 4) is 17.2 Å². The van der Waals surface area contributed by atoms with Crippen LogP contribution in [0.15, 0.2) is 41.3 Å². The van der Waals surface area contributed by atoms with Crippen LogP contribution in [0.5, 0.6) is 17.2 Å². The molecular formula is C18H11ClF3NO4S. The smallest absolute Gasteiger partial charge is 0.416 e. The molecule has 5 nitrogen and oxygen atoms in total. The Bertz CT molecular complexity index is 991. The molecule has 0 aromatic heterocycles. The van der Waals surface area contributed by atoms with Crippen LogP contribution in [0.4, 0.5) is 18.0 Å². The molecule has 0 atom stereocenters. The quantitative estimate of drug-likeness (QED) is 0.652. The molecule has 28 heavy (non-hydrogen) atoms. The fraction of sp³-hybridized carbons (Fsp3) is 0.111. The van der Waals surface area contributed by atoms with Crippen molar-refractivity contribution in [3.05, 3.63) is 57.5 Å². The van der Waals surface area contributed by atoms with Crippen molar-refractivity contribution in [2.75, 3.05) is 7.11 Å². The summed E-state index contributed by atoms with van der Waals surface area (Å²) in [5, 5.41) is 1.48. The van der Waals surface area contributed by atoms with Crippen molar-refractivity contribution in [2.45, 2.75) is 6.18 Å². The first kappa shape index (κ1) is 20.1. The normalized spacial score (nSPS) is 15.7. The molecule has 1 heterocycles. The number of nitrogens with one attached hydrogen (secondary N) is 1. The number of alkyl halides is 3. The fourth-order valence-corrected chi connectivity index (χ4v) is 3.21. The molecule has 0 radical (unpaired) electrons. The van der Waals surface area contributed by atoms with Crippen LogP contribution >= 0.6 is 23.4 Å². The molecule has 0 saturated carbocycles. The third kappa shape index (κ3) is 4.42. The van der Waals surface area contributed by atoms with Crippen LogP contribution in [0.2, 0.25) is 5.02 Å². The summed E-state index contributed by atoms with van der Waals surface area (Å²) in [6.07, 6.45) is -3.01. The summed E-state index contributed by atoms with van der Waals surface area (Å²) in [6.45, 7) is 0. The van der Waals surface area contributed by atoms with Crippen LogP contribution in [0, 0.1) is 0 Å². The zero-order valence-corrected chi connectivity index (χ0v) is 15.7. The Kier molecular flexibility index (Phi) is 5.57. The van der Waals surface area contributed by atoms with Crippen LogP contribution in [-0.4, -0.2) is 18.3 Å². The molecule has 3 rings (SSSR count). The number of carbonyl (C=O) groups excluding carboxylic acids is 2. The van der Waals surface area contributed by atoms with Gasteiger partial charge in [-0.05, 0) is 53.7 Å². The molecule has 0 unspecified atom stereocenters. The molecule has 1 saturated heterocycles. The molecule has 0 aliphatic carbocycles. The van der Waals surface area contributed by atoms with E-state index in [4.69, 9.17) is 21.1 Å². The first-order valence-corrected chi connectivity index (χ1v) is 8.84. The van der Waals surface area contributed by atoms with Crippen LogP contribution in [-0.2, 0) is 11.0 Å². The van der Waals surface area contributed by atoms with Gasteiger partial charge in [0.25, 0.3) is 11.1 Å². The van der Waals surface area contributed by atoms with E-state index >= 15 is 0 Å². The Labute approximate surface area is 166 Å². The van der Waals surface area contributed by atoms with Gasteiger partial charge in [0.05, 0.1) is 22.6 Å². The van der Waals surface area contributed by atoms with Gasteiger partial charge >= 0.3 is 6.18 Å². The second-order valence-corrected chi connectivity index (χ2v) is 6.93. The average Bonchev–Trinajstić information content (AvgIpc) is 2.94. The summed E-state index contributed by atoms with van der Waals surface area (Å²) in [4.78, 5) is 23.1. The maximum atomic E-state index is 12.7. The molecule has 2 aromatic carbocycles. The molecule has 2 amide bonds. The SMILES string of the molecule is COc1cc(/C=C2/SC(=O)NC2=O)ccc1Oc1ccc(C(F)(F)F)cc1Cl. The Morgan fingerprint density at radius 3 is 2.36 bits per heavy atom. The highest BCUT2D eigenvalue weighted by atomic mass is 35.5. The Hall–Kier alpha value is -2.65. The zero-order chi connectivity index (χ0) is 20.5. The number of halogens is 4. The van der Waals surface area contributed by atoms with Gasteiger partial charge in [0.1, 0.15) is 5.75 Å². The number of hydrogen-bond acceptors (Lipinski definition) is 5. The molecule has 146 valence electrons. The van der Waals surface area contributed by atoms with Gasteiger partial charge in [0.15, 0.2) is 11.5 Å². The largest absolute Gasteiger partial charge is 0.493 e. The summed E-state index contributed by atoms with van der Waals surface area (Å²) in [5.74, 6) is 0.00665. The van der Waals surface area contributed by atoms with E-state index in [1.807, 2.05) is 0 Å². The first-order chi connectivity index (χ1) is 13.2. The third-order valence-electron chi connectivity index (χ3n) is 3.61. The fourth-order valence-electron chi connectivity index (χ4n) is 2.31. The molecule has 1 aliphatic heterocycles. The van der Waals surface area contributed by atoms with E-state index in [1.54, 1.807) is 12.1 Å². The lowest BCUT2D eigenvalue weighted by molar-refractivity contribution is -0.137. The number of hydrogen-bond donors (Lipinski definition) is 1. The number of ether oxygens (including phenoxy) is 2. The predicted molar refractivity (Wildman–Crippen MR) is 98.6 cm³/mol. The zero-order valence-electron chi connectivity index (χ0n) is 14.1. The van der Waals surface area contributed by atoms with Gasteiger partial charge in [-0.3, -0.25) is 14.9 Å². The van der Waals surface area contributed by atoms with Crippen LogP contribution < -0.4 is 14.8 Å². The highest BCUT2D eigenvalue weighted by Crippen LogP contribution is 2.39. The van der Waals surface area contributed by atoms with Crippen molar-refractivity contribution < 1.29 is 32.2 Å². The number of thioether (sulfide) groups is 1.